The van der Waals surface area contributed by atoms with Gasteiger partial charge in [-0.2, -0.15) is 0 Å². The fourth-order valence-corrected chi connectivity index (χ4v) is 1.55. The summed E-state index contributed by atoms with van der Waals surface area (Å²) in [5.74, 6) is 5.14. The Morgan fingerprint density at radius 3 is 2.60 bits per heavy atom. The summed E-state index contributed by atoms with van der Waals surface area (Å²) in [6.07, 6.45) is 5.05. The zero-order chi connectivity index (χ0) is 7.40. The van der Waals surface area contributed by atoms with Crippen molar-refractivity contribution in [3.05, 3.63) is 0 Å². The summed E-state index contributed by atoms with van der Waals surface area (Å²) in [7, 11) is 0. The van der Waals surface area contributed by atoms with Crippen LogP contribution in [0.3, 0.4) is 0 Å². The molecule has 0 atom stereocenters. The molecule has 0 bridgehead atoms. The zero-order valence-electron chi connectivity index (χ0n) is 5.84. The van der Waals surface area contributed by atoms with Crippen molar-refractivity contribution in [1.29, 1.82) is 0 Å². The van der Waals surface area contributed by atoms with Crippen LogP contribution in [0.2, 0.25) is 0 Å². The van der Waals surface area contributed by atoms with E-state index in [-0.39, 0.29) is 0 Å². The third-order valence-corrected chi connectivity index (χ3v) is 2.22. The molecule has 0 amide bonds. The van der Waals surface area contributed by atoms with Gasteiger partial charge in [0.1, 0.15) is 0 Å². The second-order valence-corrected chi connectivity index (χ2v) is 3.33. The molecule has 10 heavy (non-hydrogen) atoms. The van der Waals surface area contributed by atoms with Crippen LogP contribution < -0.4 is 11.3 Å². The van der Waals surface area contributed by atoms with Crippen molar-refractivity contribution in [3.63, 3.8) is 0 Å². The molecule has 1 fully saturated rings. The van der Waals surface area contributed by atoms with E-state index in [0.717, 1.165) is 4.73 Å². The van der Waals surface area contributed by atoms with Crippen LogP contribution in [0.1, 0.15) is 25.7 Å². The Hall–Kier alpha value is -0.0505. The van der Waals surface area contributed by atoms with Crippen LogP contribution in [0.5, 0.6) is 0 Å². The molecular weight excluding hydrogens is 193 g/mol. The van der Waals surface area contributed by atoms with Gasteiger partial charge in [0, 0.05) is 0 Å². The Bertz CT molecular complexity index is 129. The second kappa shape index (κ2) is 3.96. The fraction of sp³-hybridized carbons (Fsp3) is 0.833. The molecule has 0 unspecified atom stereocenters. The molecule has 1 aliphatic rings. The molecule has 3 N–H and O–H groups in total. The molecule has 3 nitrogen and oxygen atoms in total. The van der Waals surface area contributed by atoms with Crippen molar-refractivity contribution in [2.24, 2.45) is 10.8 Å². The van der Waals surface area contributed by atoms with Gasteiger partial charge in [0.15, 0.2) is 0 Å². The number of rotatable bonds is 1. The topological polar surface area (TPSA) is 50.4 Å². The van der Waals surface area contributed by atoms with Crippen LogP contribution in [-0.2, 0) is 0 Å². The molecule has 0 aromatic rings. The van der Waals surface area contributed by atoms with Crippen LogP contribution in [0.15, 0.2) is 4.99 Å². The summed E-state index contributed by atoms with van der Waals surface area (Å²) in [6.45, 7) is 0. The van der Waals surface area contributed by atoms with E-state index in [4.69, 9.17) is 5.84 Å². The van der Waals surface area contributed by atoms with Crippen LogP contribution >= 0.6 is 0 Å². The van der Waals surface area contributed by atoms with Crippen molar-refractivity contribution in [2.45, 2.75) is 31.7 Å². The molecule has 0 aliphatic heterocycles. The van der Waals surface area contributed by atoms with Crippen molar-refractivity contribution in [2.75, 3.05) is 0 Å². The molecule has 1 rings (SSSR count). The summed E-state index contributed by atoms with van der Waals surface area (Å²) >= 11 is 2.77. The van der Waals surface area contributed by atoms with Gasteiger partial charge in [-0.3, -0.25) is 0 Å². The Labute approximate surface area is 69.2 Å². The van der Waals surface area contributed by atoms with Crippen molar-refractivity contribution < 1.29 is 0 Å². The molecule has 0 aromatic carbocycles. The minimum atomic E-state index is 0.507. The quantitative estimate of drug-likeness (QED) is 0.207. The fourth-order valence-electron chi connectivity index (χ4n) is 1.24. The maximum atomic E-state index is 5.14. The van der Waals surface area contributed by atoms with E-state index in [0.29, 0.717) is 6.04 Å². The molecule has 1 aliphatic carbocycles. The van der Waals surface area contributed by atoms with E-state index in [1.54, 1.807) is 0 Å². The monoisotopic (exact) mass is 206 g/mol. The number of hydrogen-bond acceptors (Lipinski definition) is 2. The zero-order valence-corrected chi connectivity index (χ0v) is 7.55. The molecule has 57 valence electrons. The van der Waals surface area contributed by atoms with Crippen molar-refractivity contribution >= 4 is 20.7 Å². The van der Waals surface area contributed by atoms with Gasteiger partial charge in [-0.1, -0.05) is 0 Å². The number of hydrazine groups is 1. The Kier molecular flexibility index (Phi) is 3.19. The van der Waals surface area contributed by atoms with Gasteiger partial charge in [-0.05, 0) is 0 Å². The van der Waals surface area contributed by atoms with Crippen molar-refractivity contribution in [1.82, 2.24) is 5.43 Å². The normalized spacial score (nSPS) is 21.5. The summed E-state index contributed by atoms with van der Waals surface area (Å²) in [6, 6.07) is 0.507. The maximum absolute atomic E-state index is 5.14. The van der Waals surface area contributed by atoms with Gasteiger partial charge in [-0.25, -0.2) is 0 Å². The van der Waals surface area contributed by atoms with Gasteiger partial charge in [0.25, 0.3) is 0 Å². The van der Waals surface area contributed by atoms with Crippen LogP contribution in [-0.4, -0.2) is 26.8 Å². The number of nitrogens with zero attached hydrogens (tertiary/aromatic N) is 1. The number of hydrogen-bond donors (Lipinski definition) is 2. The second-order valence-electron chi connectivity index (χ2n) is 2.52. The van der Waals surface area contributed by atoms with E-state index in [2.05, 4.69) is 26.4 Å². The molecule has 1 radical (unpaired) electrons. The first-order valence-electron chi connectivity index (χ1n) is 3.54. The van der Waals surface area contributed by atoms with Gasteiger partial charge in [-0.15, -0.1) is 0 Å². The summed E-state index contributed by atoms with van der Waals surface area (Å²) in [5, 5.41) is 0. The van der Waals surface area contributed by atoms with E-state index in [9.17, 15) is 0 Å². The van der Waals surface area contributed by atoms with E-state index in [1.807, 2.05) is 0 Å². The van der Waals surface area contributed by atoms with Gasteiger partial charge in [0.05, 0.1) is 0 Å². The first kappa shape index (κ1) is 8.05. The van der Waals surface area contributed by atoms with Gasteiger partial charge >= 0.3 is 68.7 Å². The standard InChI is InChI=1S/C6H12N3Se/c7-9-6(10)8-5-3-1-2-4-5/h5H,1-4,7H2,(H,8,9). The third kappa shape index (κ3) is 2.29. The Balaban J connectivity index is 2.34. The average Bonchev–Trinajstić information content (AvgIpc) is 2.40. The predicted octanol–water partition coefficient (Wildman–Crippen LogP) is -0.0832. The Morgan fingerprint density at radius 2 is 2.10 bits per heavy atom. The molecular formula is C6H12N3Se. The predicted molar refractivity (Wildman–Crippen MR) is 42.8 cm³/mol. The van der Waals surface area contributed by atoms with Gasteiger partial charge < -0.3 is 0 Å². The minimum absolute atomic E-state index is 0.507. The number of amidine groups is 1. The van der Waals surface area contributed by atoms with E-state index < -0.39 is 0 Å². The molecule has 1 saturated carbocycles. The summed E-state index contributed by atoms with van der Waals surface area (Å²) in [5.41, 5.74) is 2.49. The van der Waals surface area contributed by atoms with Crippen molar-refractivity contribution in [3.8, 4) is 0 Å². The van der Waals surface area contributed by atoms with Crippen LogP contribution in [0, 0.1) is 0 Å². The summed E-state index contributed by atoms with van der Waals surface area (Å²) < 4.78 is 0.729. The first-order chi connectivity index (χ1) is 4.83. The van der Waals surface area contributed by atoms with E-state index in [1.165, 1.54) is 25.7 Å². The van der Waals surface area contributed by atoms with Crippen LogP contribution in [0.4, 0.5) is 0 Å². The number of nitrogens with one attached hydrogen (secondary N) is 1. The van der Waals surface area contributed by atoms with Gasteiger partial charge in [0.2, 0.25) is 0 Å². The molecule has 0 heterocycles. The molecule has 0 saturated heterocycles. The molecule has 4 heteroatoms. The summed E-state index contributed by atoms with van der Waals surface area (Å²) in [4.78, 5) is 4.32. The average molecular weight is 205 g/mol. The van der Waals surface area contributed by atoms with E-state index >= 15 is 0 Å². The molecule has 0 spiro atoms. The third-order valence-electron chi connectivity index (χ3n) is 1.75. The number of aliphatic imine (C=N–C) groups is 1. The molecule has 0 aromatic heterocycles. The Morgan fingerprint density at radius 1 is 1.50 bits per heavy atom. The number of nitrogens with two attached hydrogens (primary N) is 1. The SMILES string of the molecule is NNC([Se])=NC1CCCC1. The van der Waals surface area contributed by atoms with Crippen LogP contribution in [0.25, 0.3) is 0 Å². The first-order valence-corrected chi connectivity index (χ1v) is 4.40.